The lowest BCUT2D eigenvalue weighted by Gasteiger charge is -2.41. The molecular weight excluding hydrogens is 575 g/mol. The van der Waals surface area contributed by atoms with Gasteiger partial charge in [0.05, 0.1) is 13.2 Å². The van der Waals surface area contributed by atoms with Crippen LogP contribution in [0, 0.1) is 9.12 Å². The summed E-state index contributed by atoms with van der Waals surface area (Å²) in [5.74, 6) is 0.386. The van der Waals surface area contributed by atoms with E-state index in [1.54, 1.807) is 13.2 Å². The van der Waals surface area contributed by atoms with Crippen molar-refractivity contribution in [1.29, 1.82) is 0 Å². The van der Waals surface area contributed by atoms with E-state index in [9.17, 15) is 9.59 Å². The second-order valence-electron chi connectivity index (χ2n) is 8.44. The van der Waals surface area contributed by atoms with Crippen molar-refractivity contribution in [3.8, 4) is 11.5 Å². The third-order valence-corrected chi connectivity index (χ3v) is 7.21. The molecular formula is C24H30ClIN2O6. The Balaban J connectivity index is 1.73. The van der Waals surface area contributed by atoms with Crippen molar-refractivity contribution in [3.05, 3.63) is 49.2 Å². The molecule has 0 aliphatic heterocycles. The largest absolute Gasteiger partial charge is 0.490 e. The van der Waals surface area contributed by atoms with Gasteiger partial charge in [0.25, 0.3) is 0 Å². The molecule has 1 fully saturated rings. The maximum absolute atomic E-state index is 12.7. The summed E-state index contributed by atoms with van der Waals surface area (Å²) in [6.45, 7) is 3.26. The Hall–Kier alpha value is -1.85. The second-order valence-corrected chi connectivity index (χ2v) is 9.82. The number of hydrogen-bond donors (Lipinski definition) is 1. The van der Waals surface area contributed by atoms with Crippen LogP contribution in [0.25, 0.3) is 0 Å². The lowest BCUT2D eigenvalue weighted by Crippen LogP contribution is -2.43. The summed E-state index contributed by atoms with van der Waals surface area (Å²) in [5.41, 5.74) is -0.754. The van der Waals surface area contributed by atoms with Gasteiger partial charge in [-0.1, -0.05) is 30.9 Å². The van der Waals surface area contributed by atoms with Crippen molar-refractivity contribution >= 4 is 40.2 Å². The van der Waals surface area contributed by atoms with Crippen molar-refractivity contribution in [2.45, 2.75) is 51.6 Å². The van der Waals surface area contributed by atoms with Gasteiger partial charge in [0.15, 0.2) is 22.1 Å². The number of hydrogen-bond acceptors (Lipinski definition) is 7. The van der Waals surface area contributed by atoms with Crippen molar-refractivity contribution in [1.82, 2.24) is 9.97 Å². The Kier molecular flexibility index (Phi) is 10.0. The maximum Gasteiger partial charge on any atom is 0.343 e. The van der Waals surface area contributed by atoms with Crippen LogP contribution >= 0.6 is 34.2 Å². The van der Waals surface area contributed by atoms with Crippen LogP contribution in [0.4, 0.5) is 0 Å². The summed E-state index contributed by atoms with van der Waals surface area (Å²) in [5, 5.41) is 0.275. The van der Waals surface area contributed by atoms with E-state index in [-0.39, 0.29) is 21.6 Å². The fourth-order valence-electron chi connectivity index (χ4n) is 4.09. The van der Waals surface area contributed by atoms with Gasteiger partial charge < -0.3 is 23.9 Å². The molecule has 10 heteroatoms. The van der Waals surface area contributed by atoms with Crippen LogP contribution in [-0.4, -0.2) is 49.0 Å². The van der Waals surface area contributed by atoms with Crippen molar-refractivity contribution in [2.75, 3.05) is 26.9 Å². The predicted octanol–water partition coefficient (Wildman–Crippen LogP) is 5.02. The average Bonchev–Trinajstić information content (AvgIpc) is 2.83. The van der Waals surface area contributed by atoms with E-state index >= 15 is 0 Å². The highest BCUT2D eigenvalue weighted by atomic mass is 127. The number of pyridine rings is 2. The van der Waals surface area contributed by atoms with Crippen LogP contribution in [0.15, 0.2) is 29.3 Å². The van der Waals surface area contributed by atoms with Crippen LogP contribution in [0.5, 0.6) is 11.5 Å². The molecule has 8 nitrogen and oxygen atoms in total. The van der Waals surface area contributed by atoms with Gasteiger partial charge in [-0.2, -0.15) is 0 Å². The first-order chi connectivity index (χ1) is 16.4. The third kappa shape index (κ3) is 6.85. The highest BCUT2D eigenvalue weighted by Crippen LogP contribution is 2.42. The van der Waals surface area contributed by atoms with Crippen molar-refractivity contribution in [3.63, 3.8) is 0 Å². The fraction of sp³-hybridized carbons (Fsp3) is 0.542. The Bertz CT molecular complexity index is 1020. The molecule has 0 bridgehead atoms. The van der Waals surface area contributed by atoms with Crippen LogP contribution in [0.3, 0.4) is 0 Å². The zero-order chi connectivity index (χ0) is 24.6. The maximum atomic E-state index is 12.7. The Labute approximate surface area is 217 Å². The van der Waals surface area contributed by atoms with Gasteiger partial charge >= 0.3 is 5.97 Å². The SMILES string of the molecule is COCCCOc1cc(OCC2(C(C)OC(=O)c3c[nH]ccc3=O)CCCCC2)c(I)nc1Cl. The van der Waals surface area contributed by atoms with Gasteiger partial charge in [0.1, 0.15) is 15.4 Å². The number of rotatable bonds is 11. The molecule has 0 spiro atoms. The number of aromatic amines is 1. The highest BCUT2D eigenvalue weighted by molar-refractivity contribution is 14.1. The molecule has 0 amide bonds. The molecule has 2 aromatic heterocycles. The summed E-state index contributed by atoms with van der Waals surface area (Å²) < 4.78 is 23.4. The fourth-order valence-corrected chi connectivity index (χ4v) is 4.98. The number of nitrogens with one attached hydrogen (secondary N) is 1. The smallest absolute Gasteiger partial charge is 0.343 e. The molecule has 1 aliphatic carbocycles. The predicted molar refractivity (Wildman–Crippen MR) is 137 cm³/mol. The van der Waals surface area contributed by atoms with Gasteiger partial charge in [-0.15, -0.1) is 0 Å². The molecule has 2 aromatic rings. The lowest BCUT2D eigenvalue weighted by molar-refractivity contribution is -0.0467. The number of aromatic nitrogens is 2. The minimum atomic E-state index is -0.631. The molecule has 1 atom stereocenters. The minimum absolute atomic E-state index is 0.00654. The standard InChI is InChI=1S/C24H30ClIN2O6/c1-16(34-23(30)17-14-27-10-7-18(17)29)24(8-4-3-5-9-24)15-33-20-13-19(21(25)28-22(20)26)32-12-6-11-31-2/h7,10,13-14,16H,3-6,8-9,11-12,15H2,1-2H3,(H,27,29). The zero-order valence-electron chi connectivity index (χ0n) is 19.4. The molecule has 34 heavy (non-hydrogen) atoms. The number of esters is 1. The topological polar surface area (TPSA) is 99.7 Å². The van der Waals surface area contributed by atoms with Crippen molar-refractivity contribution in [2.24, 2.45) is 5.41 Å². The molecule has 2 heterocycles. The number of carbonyl (C=O) groups excluding carboxylic acids is 1. The van der Waals surface area contributed by atoms with E-state index < -0.39 is 12.1 Å². The van der Waals surface area contributed by atoms with Crippen LogP contribution in [-0.2, 0) is 9.47 Å². The highest BCUT2D eigenvalue weighted by Gasteiger charge is 2.41. The Morgan fingerprint density at radius 3 is 2.71 bits per heavy atom. The summed E-state index contributed by atoms with van der Waals surface area (Å²) in [7, 11) is 1.64. The molecule has 1 saturated carbocycles. The van der Waals surface area contributed by atoms with Gasteiger partial charge in [-0.3, -0.25) is 4.79 Å². The van der Waals surface area contributed by atoms with Crippen molar-refractivity contribution < 1.29 is 23.7 Å². The first kappa shape index (κ1) is 26.7. The van der Waals surface area contributed by atoms with Crippen LogP contribution in [0.1, 0.15) is 55.8 Å². The number of nitrogens with zero attached hydrogens (tertiary/aromatic N) is 1. The van der Waals surface area contributed by atoms with E-state index in [1.165, 1.54) is 18.5 Å². The first-order valence-corrected chi connectivity index (χ1v) is 12.8. The van der Waals surface area contributed by atoms with Crippen LogP contribution in [0.2, 0.25) is 5.15 Å². The van der Waals surface area contributed by atoms with Gasteiger partial charge in [0, 0.05) is 50.1 Å². The number of methoxy groups -OCH3 is 1. The minimum Gasteiger partial charge on any atom is -0.490 e. The molecule has 0 aromatic carbocycles. The molecule has 3 rings (SSSR count). The molecule has 1 unspecified atom stereocenters. The van der Waals surface area contributed by atoms with Gasteiger partial charge in [-0.05, 0) is 42.4 Å². The summed E-state index contributed by atoms with van der Waals surface area (Å²) >= 11 is 8.34. The monoisotopic (exact) mass is 604 g/mol. The molecule has 0 radical (unpaired) electrons. The number of halogens is 2. The second kappa shape index (κ2) is 12.7. The number of H-pyrrole nitrogens is 1. The number of ether oxygens (including phenoxy) is 4. The molecule has 1 aliphatic rings. The van der Waals surface area contributed by atoms with Gasteiger partial charge in [-0.25, -0.2) is 9.78 Å². The first-order valence-electron chi connectivity index (χ1n) is 11.3. The molecule has 186 valence electrons. The molecule has 0 saturated heterocycles. The van der Waals surface area contributed by atoms with E-state index in [2.05, 4.69) is 32.6 Å². The number of carbonyl (C=O) groups is 1. The van der Waals surface area contributed by atoms with Crippen LogP contribution < -0.4 is 14.9 Å². The quantitative estimate of drug-likeness (QED) is 0.166. The summed E-state index contributed by atoms with van der Waals surface area (Å²) in [4.78, 5) is 31.8. The summed E-state index contributed by atoms with van der Waals surface area (Å²) in [6.07, 6.45) is 8.00. The molecule has 1 N–H and O–H groups in total. The van der Waals surface area contributed by atoms with Gasteiger partial charge in [0.2, 0.25) is 0 Å². The lowest BCUT2D eigenvalue weighted by atomic mass is 9.71. The van der Waals surface area contributed by atoms with E-state index in [0.29, 0.717) is 35.0 Å². The normalized spacial score (nSPS) is 16.0. The van der Waals surface area contributed by atoms with E-state index in [4.69, 9.17) is 30.5 Å². The third-order valence-electron chi connectivity index (χ3n) is 6.17. The Morgan fingerprint density at radius 2 is 2.00 bits per heavy atom. The summed E-state index contributed by atoms with van der Waals surface area (Å²) in [6, 6.07) is 3.06. The Morgan fingerprint density at radius 1 is 1.24 bits per heavy atom. The van der Waals surface area contributed by atoms with E-state index in [0.717, 1.165) is 38.5 Å². The van der Waals surface area contributed by atoms with E-state index in [1.807, 2.05) is 6.92 Å². The average molecular weight is 605 g/mol. The zero-order valence-corrected chi connectivity index (χ0v) is 22.3.